The summed E-state index contributed by atoms with van der Waals surface area (Å²) in [5, 5.41) is 3.82. The van der Waals surface area contributed by atoms with Crippen LogP contribution in [-0.4, -0.2) is 10.1 Å². The van der Waals surface area contributed by atoms with Gasteiger partial charge in [-0.25, -0.2) is 0 Å². The first kappa shape index (κ1) is 8.48. The molecule has 70 valence electrons. The molecule has 2 atom stereocenters. The fraction of sp³-hybridized carbons (Fsp3) is 0.600. The van der Waals surface area contributed by atoms with Crippen molar-refractivity contribution >= 4 is 0 Å². The standard InChI is InChI=1S/C10H14N2O/c1-7-5-3-4-6-9(7)10-11-8(2)12-13-10/h3-4,7,9H,5-6H2,1-2H3. The van der Waals surface area contributed by atoms with Crippen LogP contribution in [0, 0.1) is 12.8 Å². The van der Waals surface area contributed by atoms with Gasteiger partial charge in [0, 0.05) is 5.92 Å². The maximum atomic E-state index is 5.18. The van der Waals surface area contributed by atoms with Crippen molar-refractivity contribution in [1.29, 1.82) is 0 Å². The molecule has 0 bridgehead atoms. The molecular formula is C10H14N2O. The van der Waals surface area contributed by atoms with E-state index in [4.69, 9.17) is 4.52 Å². The van der Waals surface area contributed by atoms with Crippen LogP contribution >= 0.6 is 0 Å². The highest BCUT2D eigenvalue weighted by atomic mass is 16.5. The van der Waals surface area contributed by atoms with Gasteiger partial charge in [-0.05, 0) is 25.7 Å². The summed E-state index contributed by atoms with van der Waals surface area (Å²) in [5.74, 6) is 2.57. The van der Waals surface area contributed by atoms with E-state index in [2.05, 4.69) is 29.2 Å². The maximum Gasteiger partial charge on any atom is 0.230 e. The summed E-state index contributed by atoms with van der Waals surface area (Å²) in [5.41, 5.74) is 0. The van der Waals surface area contributed by atoms with Gasteiger partial charge >= 0.3 is 0 Å². The Balaban J connectivity index is 2.20. The van der Waals surface area contributed by atoms with Gasteiger partial charge < -0.3 is 4.52 Å². The van der Waals surface area contributed by atoms with E-state index in [1.165, 1.54) is 0 Å². The molecule has 0 radical (unpaired) electrons. The first-order valence-corrected chi connectivity index (χ1v) is 4.72. The molecule has 1 aromatic rings. The molecule has 3 nitrogen and oxygen atoms in total. The minimum atomic E-state index is 0.422. The lowest BCUT2D eigenvalue weighted by Gasteiger charge is -2.21. The predicted molar refractivity (Wildman–Crippen MR) is 49.3 cm³/mol. The van der Waals surface area contributed by atoms with Gasteiger partial charge in [0.1, 0.15) is 0 Å². The van der Waals surface area contributed by atoms with E-state index in [-0.39, 0.29) is 0 Å². The largest absolute Gasteiger partial charge is 0.339 e. The fourth-order valence-electron chi connectivity index (χ4n) is 1.76. The second kappa shape index (κ2) is 3.32. The highest BCUT2D eigenvalue weighted by Crippen LogP contribution is 2.32. The minimum absolute atomic E-state index is 0.422. The van der Waals surface area contributed by atoms with Crippen molar-refractivity contribution in [2.45, 2.75) is 32.6 Å². The van der Waals surface area contributed by atoms with Crippen molar-refractivity contribution in [1.82, 2.24) is 10.1 Å². The Kier molecular flexibility index (Phi) is 2.17. The van der Waals surface area contributed by atoms with Gasteiger partial charge in [0.25, 0.3) is 0 Å². The number of aromatic nitrogens is 2. The molecule has 0 spiro atoms. The zero-order valence-electron chi connectivity index (χ0n) is 8.03. The zero-order valence-corrected chi connectivity index (χ0v) is 8.03. The average molecular weight is 178 g/mol. The molecule has 3 heteroatoms. The number of rotatable bonds is 1. The number of aryl methyl sites for hydroxylation is 1. The molecule has 1 aliphatic carbocycles. The maximum absolute atomic E-state index is 5.18. The molecule has 2 unspecified atom stereocenters. The SMILES string of the molecule is Cc1noc(C2CC=CCC2C)n1. The Morgan fingerprint density at radius 2 is 2.15 bits per heavy atom. The van der Waals surface area contributed by atoms with Gasteiger partial charge in [-0.2, -0.15) is 4.98 Å². The Bertz CT molecular complexity index is 316. The van der Waals surface area contributed by atoms with E-state index in [0.717, 1.165) is 24.6 Å². The van der Waals surface area contributed by atoms with Crippen LogP contribution in [0.1, 0.15) is 37.4 Å². The lowest BCUT2D eigenvalue weighted by molar-refractivity contribution is 0.307. The Morgan fingerprint density at radius 1 is 1.38 bits per heavy atom. The molecule has 0 saturated carbocycles. The molecule has 13 heavy (non-hydrogen) atoms. The van der Waals surface area contributed by atoms with Crippen molar-refractivity contribution in [3.05, 3.63) is 23.9 Å². The molecule has 1 aromatic heterocycles. The predicted octanol–water partition coefficient (Wildman–Crippen LogP) is 2.45. The summed E-state index contributed by atoms with van der Waals surface area (Å²) in [4.78, 5) is 4.27. The number of allylic oxidation sites excluding steroid dienone is 2. The molecule has 2 rings (SSSR count). The van der Waals surface area contributed by atoms with E-state index in [1.54, 1.807) is 0 Å². The van der Waals surface area contributed by atoms with E-state index in [0.29, 0.717) is 11.8 Å². The normalized spacial score (nSPS) is 27.8. The van der Waals surface area contributed by atoms with Crippen LogP contribution in [0.3, 0.4) is 0 Å². The van der Waals surface area contributed by atoms with Gasteiger partial charge in [-0.1, -0.05) is 24.2 Å². The van der Waals surface area contributed by atoms with Gasteiger partial charge in [0.2, 0.25) is 5.89 Å². The first-order chi connectivity index (χ1) is 6.27. The molecule has 0 amide bonds. The third kappa shape index (κ3) is 1.64. The smallest absolute Gasteiger partial charge is 0.230 e. The third-order valence-corrected chi connectivity index (χ3v) is 2.61. The molecule has 0 saturated heterocycles. The van der Waals surface area contributed by atoms with Crippen molar-refractivity contribution in [3.8, 4) is 0 Å². The van der Waals surface area contributed by atoms with Crippen LogP contribution in [0.15, 0.2) is 16.7 Å². The van der Waals surface area contributed by atoms with Crippen molar-refractivity contribution in [3.63, 3.8) is 0 Å². The van der Waals surface area contributed by atoms with Gasteiger partial charge in [-0.15, -0.1) is 0 Å². The number of hydrogen-bond donors (Lipinski definition) is 0. The lowest BCUT2D eigenvalue weighted by Crippen LogP contribution is -2.12. The highest BCUT2D eigenvalue weighted by molar-refractivity contribution is 5.04. The summed E-state index contributed by atoms with van der Waals surface area (Å²) >= 11 is 0. The van der Waals surface area contributed by atoms with Crippen LogP contribution in [-0.2, 0) is 0 Å². The van der Waals surface area contributed by atoms with E-state index in [1.807, 2.05) is 6.92 Å². The quantitative estimate of drug-likeness (QED) is 0.620. The lowest BCUT2D eigenvalue weighted by atomic mass is 9.84. The van der Waals surface area contributed by atoms with E-state index < -0.39 is 0 Å². The average Bonchev–Trinajstić information content (AvgIpc) is 2.53. The molecule has 0 N–H and O–H groups in total. The van der Waals surface area contributed by atoms with Crippen LogP contribution in [0.5, 0.6) is 0 Å². The second-order valence-electron chi connectivity index (χ2n) is 3.71. The molecule has 0 fully saturated rings. The monoisotopic (exact) mass is 178 g/mol. The number of nitrogens with zero attached hydrogens (tertiary/aromatic N) is 2. The van der Waals surface area contributed by atoms with Crippen LogP contribution in [0.4, 0.5) is 0 Å². The number of hydrogen-bond acceptors (Lipinski definition) is 3. The Morgan fingerprint density at radius 3 is 2.77 bits per heavy atom. The zero-order chi connectivity index (χ0) is 9.26. The second-order valence-corrected chi connectivity index (χ2v) is 3.71. The summed E-state index contributed by atoms with van der Waals surface area (Å²) < 4.78 is 5.18. The van der Waals surface area contributed by atoms with Crippen LogP contribution in [0.2, 0.25) is 0 Å². The van der Waals surface area contributed by atoms with Crippen LogP contribution in [0.25, 0.3) is 0 Å². The summed E-state index contributed by atoms with van der Waals surface area (Å²) in [6, 6.07) is 0. The molecule has 1 aliphatic rings. The fourth-order valence-corrected chi connectivity index (χ4v) is 1.76. The van der Waals surface area contributed by atoms with Crippen LogP contribution < -0.4 is 0 Å². The van der Waals surface area contributed by atoms with Gasteiger partial charge in [-0.3, -0.25) is 0 Å². The van der Waals surface area contributed by atoms with Crippen molar-refractivity contribution in [2.24, 2.45) is 5.92 Å². The highest BCUT2D eigenvalue weighted by Gasteiger charge is 2.24. The summed E-state index contributed by atoms with van der Waals surface area (Å²) in [7, 11) is 0. The third-order valence-electron chi connectivity index (χ3n) is 2.61. The molecule has 1 heterocycles. The Labute approximate surface area is 77.8 Å². The minimum Gasteiger partial charge on any atom is -0.339 e. The first-order valence-electron chi connectivity index (χ1n) is 4.72. The topological polar surface area (TPSA) is 38.9 Å². The Hall–Kier alpha value is -1.12. The summed E-state index contributed by atoms with van der Waals surface area (Å²) in [6.07, 6.45) is 6.57. The summed E-state index contributed by atoms with van der Waals surface area (Å²) in [6.45, 7) is 4.09. The molecular weight excluding hydrogens is 164 g/mol. The molecule has 0 aromatic carbocycles. The molecule has 0 aliphatic heterocycles. The van der Waals surface area contributed by atoms with Gasteiger partial charge in [0.15, 0.2) is 5.82 Å². The van der Waals surface area contributed by atoms with E-state index in [9.17, 15) is 0 Å². The van der Waals surface area contributed by atoms with Crippen molar-refractivity contribution in [2.75, 3.05) is 0 Å². The van der Waals surface area contributed by atoms with Gasteiger partial charge in [0.05, 0.1) is 0 Å². The van der Waals surface area contributed by atoms with Crippen molar-refractivity contribution < 1.29 is 4.52 Å². The van der Waals surface area contributed by atoms with E-state index >= 15 is 0 Å².